The summed E-state index contributed by atoms with van der Waals surface area (Å²) >= 11 is 0. The van der Waals surface area contributed by atoms with Gasteiger partial charge in [-0.15, -0.1) is 0 Å². The standard InChI is InChI=1S/C15H21NO2/c1-12-8-6-7-11-14(12)18-15(17)16(2)13-9-4-3-5-10-13/h6-8,11,13H,3-5,9-10H2,1-2H3. The largest absolute Gasteiger partial charge is 0.415 e. The summed E-state index contributed by atoms with van der Waals surface area (Å²) in [6, 6.07) is 7.95. The maximum atomic E-state index is 12.1. The number of ether oxygens (including phenoxy) is 1. The Morgan fingerprint density at radius 3 is 2.56 bits per heavy atom. The van der Waals surface area contributed by atoms with E-state index >= 15 is 0 Å². The topological polar surface area (TPSA) is 29.5 Å². The van der Waals surface area contributed by atoms with Gasteiger partial charge in [-0.3, -0.25) is 0 Å². The predicted molar refractivity (Wildman–Crippen MR) is 71.8 cm³/mol. The minimum Gasteiger partial charge on any atom is -0.410 e. The smallest absolute Gasteiger partial charge is 0.410 e. The van der Waals surface area contributed by atoms with Crippen molar-refractivity contribution in [2.24, 2.45) is 0 Å². The van der Waals surface area contributed by atoms with Crippen molar-refractivity contribution in [3.63, 3.8) is 0 Å². The third kappa shape index (κ3) is 3.03. The molecule has 0 N–H and O–H groups in total. The highest BCUT2D eigenvalue weighted by molar-refractivity contribution is 5.71. The lowest BCUT2D eigenvalue weighted by atomic mass is 9.95. The minimum absolute atomic E-state index is 0.240. The molecule has 0 bridgehead atoms. The van der Waals surface area contributed by atoms with Crippen molar-refractivity contribution < 1.29 is 9.53 Å². The molecule has 1 amide bonds. The van der Waals surface area contributed by atoms with Gasteiger partial charge in [-0.05, 0) is 31.4 Å². The van der Waals surface area contributed by atoms with Crippen LogP contribution < -0.4 is 4.74 Å². The van der Waals surface area contributed by atoms with E-state index in [0.717, 1.165) is 18.4 Å². The number of aryl methyl sites for hydroxylation is 1. The molecule has 1 aliphatic rings. The van der Waals surface area contributed by atoms with Crippen LogP contribution in [-0.4, -0.2) is 24.1 Å². The van der Waals surface area contributed by atoms with Gasteiger partial charge in [0.15, 0.2) is 0 Å². The van der Waals surface area contributed by atoms with Crippen molar-refractivity contribution in [1.82, 2.24) is 4.90 Å². The monoisotopic (exact) mass is 247 g/mol. The van der Waals surface area contributed by atoms with E-state index in [0.29, 0.717) is 11.8 Å². The molecule has 1 aliphatic carbocycles. The van der Waals surface area contributed by atoms with Crippen molar-refractivity contribution in [2.45, 2.75) is 45.1 Å². The Labute approximate surface area is 109 Å². The van der Waals surface area contributed by atoms with Crippen molar-refractivity contribution >= 4 is 6.09 Å². The Morgan fingerprint density at radius 1 is 1.22 bits per heavy atom. The summed E-state index contributed by atoms with van der Waals surface area (Å²) in [6.45, 7) is 1.95. The fourth-order valence-electron chi connectivity index (χ4n) is 2.45. The molecule has 0 spiro atoms. The first kappa shape index (κ1) is 12.9. The molecule has 0 atom stereocenters. The molecule has 1 aromatic carbocycles. The van der Waals surface area contributed by atoms with E-state index in [4.69, 9.17) is 4.74 Å². The van der Waals surface area contributed by atoms with E-state index in [2.05, 4.69) is 0 Å². The lowest BCUT2D eigenvalue weighted by molar-refractivity contribution is 0.133. The van der Waals surface area contributed by atoms with Gasteiger partial charge in [-0.1, -0.05) is 37.5 Å². The van der Waals surface area contributed by atoms with Gasteiger partial charge < -0.3 is 9.64 Å². The fourth-order valence-corrected chi connectivity index (χ4v) is 2.45. The van der Waals surface area contributed by atoms with Gasteiger partial charge in [0.25, 0.3) is 0 Å². The van der Waals surface area contributed by atoms with Crippen LogP contribution in [0.2, 0.25) is 0 Å². The Balaban J connectivity index is 1.97. The van der Waals surface area contributed by atoms with Crippen LogP contribution in [-0.2, 0) is 0 Å². The minimum atomic E-state index is -0.240. The van der Waals surface area contributed by atoms with Crippen molar-refractivity contribution in [1.29, 1.82) is 0 Å². The number of carbonyl (C=O) groups is 1. The van der Waals surface area contributed by atoms with E-state index < -0.39 is 0 Å². The third-order valence-electron chi connectivity index (χ3n) is 3.70. The normalized spacial score (nSPS) is 16.3. The molecule has 1 aromatic rings. The second-order valence-corrected chi connectivity index (χ2v) is 5.04. The second-order valence-electron chi connectivity index (χ2n) is 5.04. The maximum Gasteiger partial charge on any atom is 0.415 e. The summed E-state index contributed by atoms with van der Waals surface area (Å²) in [4.78, 5) is 13.8. The SMILES string of the molecule is Cc1ccccc1OC(=O)N(C)C1CCCCC1. The molecule has 0 aromatic heterocycles. The average Bonchev–Trinajstić information content (AvgIpc) is 2.41. The first-order valence-corrected chi connectivity index (χ1v) is 6.69. The maximum absolute atomic E-state index is 12.1. The first-order chi connectivity index (χ1) is 8.68. The van der Waals surface area contributed by atoms with Crippen LogP contribution in [0.4, 0.5) is 4.79 Å². The van der Waals surface area contributed by atoms with Crippen LogP contribution in [0.25, 0.3) is 0 Å². The number of hydrogen-bond acceptors (Lipinski definition) is 2. The average molecular weight is 247 g/mol. The number of amides is 1. The second kappa shape index (κ2) is 5.89. The van der Waals surface area contributed by atoms with E-state index in [9.17, 15) is 4.79 Å². The van der Waals surface area contributed by atoms with Crippen molar-refractivity contribution in [2.75, 3.05) is 7.05 Å². The van der Waals surface area contributed by atoms with Crippen LogP contribution in [0.3, 0.4) is 0 Å². The zero-order valence-corrected chi connectivity index (χ0v) is 11.2. The quantitative estimate of drug-likeness (QED) is 0.796. The van der Waals surface area contributed by atoms with E-state index in [1.165, 1.54) is 19.3 Å². The Hall–Kier alpha value is -1.51. The molecule has 0 radical (unpaired) electrons. The molecule has 0 saturated heterocycles. The molecule has 0 aliphatic heterocycles. The highest BCUT2D eigenvalue weighted by Crippen LogP contribution is 2.23. The molecule has 2 rings (SSSR count). The third-order valence-corrected chi connectivity index (χ3v) is 3.70. The van der Waals surface area contributed by atoms with Crippen LogP contribution >= 0.6 is 0 Å². The molecule has 1 saturated carbocycles. The van der Waals surface area contributed by atoms with Gasteiger partial charge >= 0.3 is 6.09 Å². The molecule has 0 unspecified atom stereocenters. The number of hydrogen-bond donors (Lipinski definition) is 0. The fraction of sp³-hybridized carbons (Fsp3) is 0.533. The summed E-state index contributed by atoms with van der Waals surface area (Å²) in [6.07, 6.45) is 5.67. The first-order valence-electron chi connectivity index (χ1n) is 6.69. The van der Waals surface area contributed by atoms with Gasteiger partial charge in [-0.2, -0.15) is 0 Å². The van der Waals surface area contributed by atoms with Crippen LogP contribution in [0.1, 0.15) is 37.7 Å². The predicted octanol–water partition coefficient (Wildman–Crippen LogP) is 3.76. The molecule has 1 fully saturated rings. The van der Waals surface area contributed by atoms with Gasteiger partial charge in [0, 0.05) is 13.1 Å². The number of rotatable bonds is 2. The highest BCUT2D eigenvalue weighted by Gasteiger charge is 2.23. The molecule has 98 valence electrons. The molecule has 3 heteroatoms. The Kier molecular flexibility index (Phi) is 4.24. The number of para-hydroxylation sites is 1. The van der Waals surface area contributed by atoms with Gasteiger partial charge in [0.05, 0.1) is 0 Å². The van der Waals surface area contributed by atoms with E-state index in [1.54, 1.807) is 4.90 Å². The van der Waals surface area contributed by atoms with Crippen LogP contribution in [0, 0.1) is 6.92 Å². The highest BCUT2D eigenvalue weighted by atomic mass is 16.6. The molecule has 18 heavy (non-hydrogen) atoms. The Bertz CT molecular complexity index is 411. The van der Waals surface area contributed by atoms with E-state index in [-0.39, 0.29) is 6.09 Å². The van der Waals surface area contributed by atoms with Gasteiger partial charge in [0.1, 0.15) is 5.75 Å². The summed E-state index contributed by atoms with van der Waals surface area (Å²) < 4.78 is 5.45. The van der Waals surface area contributed by atoms with E-state index in [1.807, 2.05) is 38.2 Å². The van der Waals surface area contributed by atoms with Crippen LogP contribution in [0.5, 0.6) is 5.75 Å². The van der Waals surface area contributed by atoms with Gasteiger partial charge in [0.2, 0.25) is 0 Å². The zero-order chi connectivity index (χ0) is 13.0. The molecular formula is C15H21NO2. The molecule has 0 heterocycles. The summed E-state index contributed by atoms with van der Waals surface area (Å²) in [5, 5.41) is 0. The lowest BCUT2D eigenvalue weighted by Crippen LogP contribution is -2.40. The van der Waals surface area contributed by atoms with Gasteiger partial charge in [-0.25, -0.2) is 4.79 Å². The summed E-state index contributed by atoms with van der Waals surface area (Å²) in [5.41, 5.74) is 0.989. The summed E-state index contributed by atoms with van der Waals surface area (Å²) in [5.74, 6) is 0.658. The van der Waals surface area contributed by atoms with Crippen molar-refractivity contribution in [3.05, 3.63) is 29.8 Å². The lowest BCUT2D eigenvalue weighted by Gasteiger charge is -2.30. The molecule has 3 nitrogen and oxygen atoms in total. The Morgan fingerprint density at radius 2 is 1.89 bits per heavy atom. The summed E-state index contributed by atoms with van der Waals surface area (Å²) in [7, 11) is 1.84. The van der Waals surface area contributed by atoms with Crippen molar-refractivity contribution in [3.8, 4) is 5.75 Å². The molecular weight excluding hydrogens is 226 g/mol. The zero-order valence-electron chi connectivity index (χ0n) is 11.2. The van der Waals surface area contributed by atoms with Crippen LogP contribution in [0.15, 0.2) is 24.3 Å². The number of nitrogens with zero attached hydrogens (tertiary/aromatic N) is 1. The number of carbonyl (C=O) groups excluding carboxylic acids is 1. The number of benzene rings is 1.